The van der Waals surface area contributed by atoms with E-state index in [2.05, 4.69) is 5.32 Å². The molecule has 1 aliphatic heterocycles. The van der Waals surface area contributed by atoms with Crippen LogP contribution < -0.4 is 10.2 Å². The second-order valence-corrected chi connectivity index (χ2v) is 4.41. The lowest BCUT2D eigenvalue weighted by Gasteiger charge is -2.19. The van der Waals surface area contributed by atoms with Crippen molar-refractivity contribution in [2.24, 2.45) is 0 Å². The Morgan fingerprint density at radius 2 is 1.89 bits per heavy atom. The highest BCUT2D eigenvalue weighted by atomic mass is 16.2. The van der Waals surface area contributed by atoms with E-state index in [0.717, 1.165) is 5.69 Å². The van der Waals surface area contributed by atoms with Crippen molar-refractivity contribution in [1.29, 1.82) is 0 Å². The fourth-order valence-electron chi connectivity index (χ4n) is 2.20. The van der Waals surface area contributed by atoms with Gasteiger partial charge in [-0.3, -0.25) is 9.69 Å². The molecule has 3 amide bonds. The van der Waals surface area contributed by atoms with Crippen LogP contribution in [-0.4, -0.2) is 43.0 Å². The summed E-state index contributed by atoms with van der Waals surface area (Å²) in [7, 11) is 0. The van der Waals surface area contributed by atoms with Crippen molar-refractivity contribution < 1.29 is 9.59 Å². The van der Waals surface area contributed by atoms with Crippen molar-refractivity contribution in [2.45, 2.75) is 13.8 Å². The molecule has 1 N–H and O–H groups in total. The molecule has 0 spiro atoms. The van der Waals surface area contributed by atoms with Crippen molar-refractivity contribution in [2.75, 3.05) is 31.1 Å². The summed E-state index contributed by atoms with van der Waals surface area (Å²) in [6, 6.07) is 7.12. The van der Waals surface area contributed by atoms with Crippen LogP contribution in [0.3, 0.4) is 0 Å². The molecule has 19 heavy (non-hydrogen) atoms. The predicted octanol–water partition coefficient (Wildman–Crippen LogP) is 1.70. The van der Waals surface area contributed by atoms with Gasteiger partial charge in [-0.15, -0.1) is 0 Å². The van der Waals surface area contributed by atoms with Gasteiger partial charge in [-0.25, -0.2) is 4.79 Å². The van der Waals surface area contributed by atoms with Gasteiger partial charge in [0.05, 0.1) is 0 Å². The van der Waals surface area contributed by atoms with Gasteiger partial charge in [0.1, 0.15) is 0 Å². The molecule has 5 heteroatoms. The fourth-order valence-corrected chi connectivity index (χ4v) is 2.20. The van der Waals surface area contributed by atoms with Crippen molar-refractivity contribution in [3.05, 3.63) is 29.8 Å². The van der Waals surface area contributed by atoms with Crippen molar-refractivity contribution in [3.63, 3.8) is 0 Å². The van der Waals surface area contributed by atoms with E-state index in [1.807, 2.05) is 26.0 Å². The van der Waals surface area contributed by atoms with E-state index in [-0.39, 0.29) is 11.9 Å². The SMILES string of the molecule is CCN(CC)C(=O)c1ccc(N2CCNC2=O)cc1. The van der Waals surface area contributed by atoms with Gasteiger partial charge in [-0.1, -0.05) is 0 Å². The highest BCUT2D eigenvalue weighted by molar-refractivity contribution is 5.97. The summed E-state index contributed by atoms with van der Waals surface area (Å²) in [4.78, 5) is 27.1. The van der Waals surface area contributed by atoms with Gasteiger partial charge in [0.2, 0.25) is 0 Å². The van der Waals surface area contributed by atoms with Crippen LogP contribution in [0, 0.1) is 0 Å². The molecule has 0 radical (unpaired) electrons. The molecular formula is C14H19N3O2. The Morgan fingerprint density at radius 1 is 1.26 bits per heavy atom. The highest BCUT2D eigenvalue weighted by Gasteiger charge is 2.21. The number of nitrogens with one attached hydrogen (secondary N) is 1. The summed E-state index contributed by atoms with van der Waals surface area (Å²) in [5, 5.41) is 2.75. The van der Waals surface area contributed by atoms with Crippen LogP contribution in [0.2, 0.25) is 0 Å². The summed E-state index contributed by atoms with van der Waals surface area (Å²) in [6.07, 6.45) is 0. The molecule has 1 heterocycles. The molecule has 0 bridgehead atoms. The zero-order chi connectivity index (χ0) is 13.8. The molecule has 2 rings (SSSR count). The average Bonchev–Trinajstić information content (AvgIpc) is 2.86. The first-order valence-electron chi connectivity index (χ1n) is 6.62. The maximum Gasteiger partial charge on any atom is 0.321 e. The van der Waals surface area contributed by atoms with Crippen LogP contribution >= 0.6 is 0 Å². The number of nitrogens with zero attached hydrogens (tertiary/aromatic N) is 2. The van der Waals surface area contributed by atoms with Gasteiger partial charge in [0.25, 0.3) is 5.91 Å². The molecule has 0 unspecified atom stereocenters. The molecule has 0 atom stereocenters. The van der Waals surface area contributed by atoms with E-state index in [1.54, 1.807) is 21.9 Å². The van der Waals surface area contributed by atoms with Crippen molar-refractivity contribution >= 4 is 17.6 Å². The minimum absolute atomic E-state index is 0.0300. The number of amides is 3. The van der Waals surface area contributed by atoms with E-state index < -0.39 is 0 Å². The lowest BCUT2D eigenvalue weighted by atomic mass is 10.1. The van der Waals surface area contributed by atoms with Gasteiger partial charge in [-0.2, -0.15) is 0 Å². The van der Waals surface area contributed by atoms with Crippen molar-refractivity contribution in [3.8, 4) is 0 Å². The first kappa shape index (κ1) is 13.4. The smallest absolute Gasteiger partial charge is 0.321 e. The number of carbonyl (C=O) groups is 2. The molecule has 1 saturated heterocycles. The van der Waals surface area contributed by atoms with Gasteiger partial charge < -0.3 is 10.2 Å². The molecule has 1 aliphatic rings. The molecule has 0 saturated carbocycles. The molecule has 102 valence electrons. The zero-order valence-corrected chi connectivity index (χ0v) is 11.3. The van der Waals surface area contributed by atoms with Crippen LogP contribution in [0.15, 0.2) is 24.3 Å². The van der Waals surface area contributed by atoms with E-state index in [4.69, 9.17) is 0 Å². The Balaban J connectivity index is 2.14. The van der Waals surface area contributed by atoms with Crippen LogP contribution in [0.25, 0.3) is 0 Å². The van der Waals surface area contributed by atoms with Gasteiger partial charge in [0, 0.05) is 37.4 Å². The molecule has 5 nitrogen and oxygen atoms in total. The third-order valence-corrected chi connectivity index (χ3v) is 3.33. The normalized spacial score (nSPS) is 14.4. The monoisotopic (exact) mass is 261 g/mol. The predicted molar refractivity (Wildman–Crippen MR) is 74.4 cm³/mol. The Bertz CT molecular complexity index is 466. The van der Waals surface area contributed by atoms with Crippen LogP contribution in [0.1, 0.15) is 24.2 Å². The summed E-state index contributed by atoms with van der Waals surface area (Å²) in [6.45, 7) is 6.66. The third-order valence-electron chi connectivity index (χ3n) is 3.33. The van der Waals surface area contributed by atoms with Crippen LogP contribution in [0.5, 0.6) is 0 Å². The number of carbonyl (C=O) groups excluding carboxylic acids is 2. The Hall–Kier alpha value is -2.04. The lowest BCUT2D eigenvalue weighted by molar-refractivity contribution is 0.0773. The fraction of sp³-hybridized carbons (Fsp3) is 0.429. The Morgan fingerprint density at radius 3 is 2.37 bits per heavy atom. The lowest BCUT2D eigenvalue weighted by Crippen LogP contribution is -2.30. The minimum Gasteiger partial charge on any atom is -0.339 e. The quantitative estimate of drug-likeness (QED) is 0.897. The summed E-state index contributed by atoms with van der Waals surface area (Å²) in [5.41, 5.74) is 1.48. The minimum atomic E-state index is -0.0807. The number of urea groups is 1. The Kier molecular flexibility index (Phi) is 4.04. The third kappa shape index (κ3) is 2.70. The molecule has 1 fully saturated rings. The van der Waals surface area contributed by atoms with E-state index >= 15 is 0 Å². The summed E-state index contributed by atoms with van der Waals surface area (Å²) < 4.78 is 0. The topological polar surface area (TPSA) is 52.7 Å². The zero-order valence-electron chi connectivity index (χ0n) is 11.3. The largest absolute Gasteiger partial charge is 0.339 e. The van der Waals surface area contributed by atoms with E-state index in [9.17, 15) is 9.59 Å². The molecule has 1 aromatic rings. The molecule has 1 aromatic carbocycles. The second-order valence-electron chi connectivity index (χ2n) is 4.41. The van der Waals surface area contributed by atoms with Crippen LogP contribution in [-0.2, 0) is 0 Å². The summed E-state index contributed by atoms with van der Waals surface area (Å²) in [5.74, 6) is 0.0300. The van der Waals surface area contributed by atoms with Gasteiger partial charge >= 0.3 is 6.03 Å². The average molecular weight is 261 g/mol. The number of hydrogen-bond acceptors (Lipinski definition) is 2. The molecular weight excluding hydrogens is 242 g/mol. The molecule has 0 aromatic heterocycles. The maximum absolute atomic E-state index is 12.1. The first-order valence-corrected chi connectivity index (χ1v) is 6.62. The second kappa shape index (κ2) is 5.73. The summed E-state index contributed by atoms with van der Waals surface area (Å²) >= 11 is 0. The number of rotatable bonds is 4. The number of benzene rings is 1. The molecule has 0 aliphatic carbocycles. The number of hydrogen-bond donors (Lipinski definition) is 1. The van der Waals surface area contributed by atoms with E-state index in [0.29, 0.717) is 31.7 Å². The highest BCUT2D eigenvalue weighted by Crippen LogP contribution is 2.18. The Labute approximate surface area is 113 Å². The first-order chi connectivity index (χ1) is 9.17. The van der Waals surface area contributed by atoms with E-state index in [1.165, 1.54) is 0 Å². The van der Waals surface area contributed by atoms with Gasteiger partial charge in [0.15, 0.2) is 0 Å². The maximum atomic E-state index is 12.1. The van der Waals surface area contributed by atoms with Crippen molar-refractivity contribution in [1.82, 2.24) is 10.2 Å². The standard InChI is InChI=1S/C14H19N3O2/c1-3-16(4-2)13(18)11-5-7-12(8-6-11)17-10-9-15-14(17)19/h5-8H,3-4,9-10H2,1-2H3,(H,15,19). The number of anilines is 1. The van der Waals surface area contributed by atoms with Gasteiger partial charge in [-0.05, 0) is 38.1 Å². The van der Waals surface area contributed by atoms with Crippen LogP contribution in [0.4, 0.5) is 10.5 Å².